The quantitative estimate of drug-likeness (QED) is 0.575. The highest BCUT2D eigenvalue weighted by atomic mass is 32.2. The van der Waals surface area contributed by atoms with Gasteiger partial charge in [-0.15, -0.1) is 0 Å². The second kappa shape index (κ2) is 5.21. The molecule has 0 radical (unpaired) electrons. The fourth-order valence-electron chi connectivity index (χ4n) is 1.06. The summed E-state index contributed by atoms with van der Waals surface area (Å²) < 4.78 is 135. The van der Waals surface area contributed by atoms with E-state index in [-0.39, 0.29) is 6.92 Å². The zero-order valence-electron chi connectivity index (χ0n) is 9.65. The van der Waals surface area contributed by atoms with Gasteiger partial charge >= 0.3 is 29.4 Å². The fraction of sp³-hybridized carbons (Fsp3) is 0.857. The Labute approximate surface area is 110 Å². The first-order valence-electron chi connectivity index (χ1n) is 4.49. The van der Waals surface area contributed by atoms with E-state index in [1.165, 1.54) is 0 Å². The number of rotatable bonds is 3. The van der Waals surface area contributed by atoms with Crippen LogP contribution in [0.15, 0.2) is 0 Å². The molecule has 0 N–H and O–H groups in total. The molecule has 0 unspecified atom stereocenters. The monoisotopic (exact) mass is 356 g/mol. The van der Waals surface area contributed by atoms with Gasteiger partial charge in [-0.3, -0.25) is 4.79 Å². The van der Waals surface area contributed by atoms with E-state index < -0.39 is 45.0 Å². The lowest BCUT2D eigenvalue weighted by Gasteiger charge is -2.35. The topological polar surface area (TPSA) is 60.4 Å². The summed E-state index contributed by atoms with van der Waals surface area (Å²) in [7, 11) is -6.88. The van der Waals surface area contributed by atoms with E-state index in [9.17, 15) is 52.7 Å². The van der Waals surface area contributed by atoms with Gasteiger partial charge in [-0.05, 0) is 0 Å². The largest absolute Gasteiger partial charge is 0.497 e. The summed E-state index contributed by atoms with van der Waals surface area (Å²) in [5.41, 5.74) is -12.2. The Hall–Kier alpha value is -1.21. The highest BCUT2D eigenvalue weighted by Gasteiger charge is 2.77. The van der Waals surface area contributed by atoms with Crippen LogP contribution in [0, 0.1) is 0 Å². The molecule has 0 atom stereocenters. The first-order valence-corrected chi connectivity index (χ1v) is 6.15. The molecule has 0 saturated heterocycles. The normalized spacial score (nSPS) is 15.0. The van der Waals surface area contributed by atoms with E-state index in [0.717, 1.165) is 0 Å². The van der Waals surface area contributed by atoms with Gasteiger partial charge in [0.15, 0.2) is 0 Å². The average Bonchev–Trinajstić information content (AvgIpc) is 2.09. The van der Waals surface area contributed by atoms with Crippen LogP contribution >= 0.6 is 0 Å². The molecule has 4 nitrogen and oxygen atoms in total. The Morgan fingerprint density at radius 3 is 1.43 bits per heavy atom. The van der Waals surface area contributed by atoms with Crippen molar-refractivity contribution < 1.29 is 57.5 Å². The molecule has 0 spiro atoms. The van der Waals surface area contributed by atoms with Crippen molar-refractivity contribution in [3.05, 3.63) is 0 Å². The number of alkyl halides is 9. The maximum Gasteiger partial charge on any atom is 0.497 e. The molecule has 0 aliphatic rings. The first-order chi connectivity index (χ1) is 8.87. The molecule has 0 aliphatic carbocycles. The van der Waals surface area contributed by atoms with E-state index in [0.29, 0.717) is 0 Å². The van der Waals surface area contributed by atoms with Crippen LogP contribution in [0.4, 0.5) is 39.5 Å². The van der Waals surface area contributed by atoms with Crippen LogP contribution in [-0.4, -0.2) is 43.6 Å². The Balaban J connectivity index is 6.25. The summed E-state index contributed by atoms with van der Waals surface area (Å²) in [6.07, 6.45) is -13.3. The highest BCUT2D eigenvalue weighted by molar-refractivity contribution is 7.92. The number of hydrogen-bond acceptors (Lipinski definition) is 4. The van der Waals surface area contributed by atoms with Gasteiger partial charge in [-0.1, -0.05) is 0 Å². The van der Waals surface area contributed by atoms with Crippen LogP contribution in [0.5, 0.6) is 0 Å². The third-order valence-corrected chi connectivity index (χ3v) is 3.47. The van der Waals surface area contributed by atoms with Gasteiger partial charge < -0.3 is 4.74 Å². The predicted octanol–water partition coefficient (Wildman–Crippen LogP) is 2.35. The molecule has 21 heavy (non-hydrogen) atoms. The molecule has 0 saturated carbocycles. The van der Waals surface area contributed by atoms with E-state index in [1.807, 2.05) is 0 Å². The number of sulfone groups is 1. The van der Waals surface area contributed by atoms with Crippen LogP contribution < -0.4 is 0 Å². The van der Waals surface area contributed by atoms with E-state index in [2.05, 4.69) is 4.74 Å². The van der Waals surface area contributed by atoms with Crippen LogP contribution in [0.25, 0.3) is 0 Å². The summed E-state index contributed by atoms with van der Waals surface area (Å²) in [6, 6.07) is 0. The summed E-state index contributed by atoms with van der Waals surface area (Å²) in [5, 5.41) is 0. The molecular formula is C7H5F9O4S. The van der Waals surface area contributed by atoms with Gasteiger partial charge in [0.25, 0.3) is 9.84 Å². The lowest BCUT2D eigenvalue weighted by molar-refractivity contribution is -0.360. The summed E-state index contributed by atoms with van der Waals surface area (Å²) in [5.74, 6) is -5.82. The number of ether oxygens (including phenoxy) is 1. The molecule has 0 fully saturated rings. The molecule has 14 heteroatoms. The minimum Gasteiger partial charge on any atom is -0.438 e. The predicted molar refractivity (Wildman–Crippen MR) is 46.4 cm³/mol. The lowest BCUT2D eigenvalue weighted by atomic mass is 10.1. The number of carbonyl (C=O) groups excluding carboxylic acids is 1. The smallest absolute Gasteiger partial charge is 0.438 e. The maximum absolute atomic E-state index is 12.5. The zero-order valence-corrected chi connectivity index (χ0v) is 10.5. The van der Waals surface area contributed by atoms with Crippen molar-refractivity contribution in [2.75, 3.05) is 5.75 Å². The van der Waals surface area contributed by atoms with E-state index >= 15 is 0 Å². The fourth-order valence-corrected chi connectivity index (χ4v) is 2.15. The number of esters is 1. The Bertz CT molecular complexity index is 484. The van der Waals surface area contributed by atoms with Crippen molar-refractivity contribution in [2.45, 2.75) is 30.4 Å². The second-order valence-electron chi connectivity index (χ2n) is 3.62. The maximum atomic E-state index is 12.5. The Morgan fingerprint density at radius 2 is 1.24 bits per heavy atom. The van der Waals surface area contributed by atoms with Crippen LogP contribution in [0.1, 0.15) is 6.92 Å². The minimum atomic E-state index is -6.88. The Morgan fingerprint density at radius 1 is 0.905 bits per heavy atom. The zero-order chi connectivity index (χ0) is 17.5. The highest BCUT2D eigenvalue weighted by Crippen LogP contribution is 2.48. The van der Waals surface area contributed by atoms with Gasteiger partial charge in [-0.2, -0.15) is 39.5 Å². The van der Waals surface area contributed by atoms with Gasteiger partial charge in [0.1, 0.15) is 5.75 Å². The third kappa shape index (κ3) is 3.91. The van der Waals surface area contributed by atoms with E-state index in [1.54, 1.807) is 0 Å². The lowest BCUT2D eigenvalue weighted by Crippen LogP contribution is -2.64. The molecule has 0 rings (SSSR count). The number of carbonyl (C=O) groups is 1. The standard InChI is InChI=1S/C7H5F9O4S/c1-3(17)20-4(5(8,9)10,6(11,12)13)2-21(18,19)7(14,15)16/h2H2,1H3. The Kier molecular flexibility index (Phi) is 4.91. The average molecular weight is 356 g/mol. The number of halogens is 9. The van der Waals surface area contributed by atoms with Gasteiger partial charge in [0.2, 0.25) is 0 Å². The van der Waals surface area contributed by atoms with Crippen molar-refractivity contribution in [1.29, 1.82) is 0 Å². The molecule has 0 amide bonds. The molecule has 0 aromatic carbocycles. The molecule has 126 valence electrons. The summed E-state index contributed by atoms with van der Waals surface area (Å²) in [4.78, 5) is 10.4. The van der Waals surface area contributed by atoms with Gasteiger partial charge in [0.05, 0.1) is 0 Å². The minimum absolute atomic E-state index is 0.0481. The van der Waals surface area contributed by atoms with Crippen molar-refractivity contribution in [3.63, 3.8) is 0 Å². The SMILES string of the molecule is CC(=O)OC(CS(=O)(=O)C(F)(F)F)(C(F)(F)F)C(F)(F)F. The van der Waals surface area contributed by atoms with Crippen molar-refractivity contribution in [1.82, 2.24) is 0 Å². The van der Waals surface area contributed by atoms with Crippen LogP contribution in [0.3, 0.4) is 0 Å². The summed E-state index contributed by atoms with van der Waals surface area (Å²) in [6.45, 7) is 0.0481. The van der Waals surface area contributed by atoms with Crippen LogP contribution in [0.2, 0.25) is 0 Å². The van der Waals surface area contributed by atoms with Crippen molar-refractivity contribution in [2.24, 2.45) is 0 Å². The molecule has 0 aromatic heterocycles. The summed E-state index contributed by atoms with van der Waals surface area (Å²) >= 11 is 0. The molecule has 0 heterocycles. The molecule has 0 bridgehead atoms. The molecule has 0 aromatic rings. The van der Waals surface area contributed by atoms with Gasteiger partial charge in [-0.25, -0.2) is 8.42 Å². The van der Waals surface area contributed by atoms with Gasteiger partial charge in [0, 0.05) is 6.92 Å². The molecule has 0 aliphatic heterocycles. The third-order valence-electron chi connectivity index (χ3n) is 1.98. The second-order valence-corrected chi connectivity index (χ2v) is 5.60. The first kappa shape index (κ1) is 19.8. The number of hydrogen-bond donors (Lipinski definition) is 0. The molecular weight excluding hydrogens is 351 g/mol. The van der Waals surface area contributed by atoms with Crippen LogP contribution in [-0.2, 0) is 19.4 Å². The van der Waals surface area contributed by atoms with Crippen molar-refractivity contribution >= 4 is 15.8 Å². The van der Waals surface area contributed by atoms with E-state index in [4.69, 9.17) is 0 Å². The van der Waals surface area contributed by atoms with Crippen molar-refractivity contribution in [3.8, 4) is 0 Å².